The Morgan fingerprint density at radius 2 is 1.95 bits per heavy atom. The van der Waals surface area contributed by atoms with E-state index in [1.54, 1.807) is 55.6 Å². The van der Waals surface area contributed by atoms with E-state index in [9.17, 15) is 14.7 Å². The summed E-state index contributed by atoms with van der Waals surface area (Å²) in [6, 6.07) is 13.4. The van der Waals surface area contributed by atoms with Gasteiger partial charge in [0.25, 0.3) is 5.91 Å². The number of rotatable bonds is 3. The Balaban J connectivity index is 1.98. The van der Waals surface area contributed by atoms with Crippen LogP contribution in [0.15, 0.2) is 48.5 Å². The number of nitrogens with zero attached hydrogens (tertiary/aromatic N) is 1. The lowest BCUT2D eigenvalue weighted by molar-refractivity contribution is -0.135. The Morgan fingerprint density at radius 3 is 2.68 bits per heavy atom. The molecule has 5 heteroatoms. The van der Waals surface area contributed by atoms with Crippen LogP contribution in [0.2, 0.25) is 0 Å². The zero-order valence-corrected chi connectivity index (χ0v) is 12.1. The summed E-state index contributed by atoms with van der Waals surface area (Å²) >= 11 is 0. The largest absolute Gasteiger partial charge is 0.399 e. The van der Waals surface area contributed by atoms with Crippen LogP contribution < -0.4 is 10.6 Å². The van der Waals surface area contributed by atoms with Crippen LogP contribution in [0, 0.1) is 0 Å². The van der Waals surface area contributed by atoms with E-state index in [1.165, 1.54) is 4.90 Å². The van der Waals surface area contributed by atoms with Crippen LogP contribution in [0.3, 0.4) is 0 Å². The normalized spacial score (nSPS) is 20.1. The van der Waals surface area contributed by atoms with Gasteiger partial charge in [-0.2, -0.15) is 0 Å². The molecule has 112 valence electrons. The lowest BCUT2D eigenvalue weighted by Gasteiger charge is -2.21. The quantitative estimate of drug-likeness (QED) is 0.667. The van der Waals surface area contributed by atoms with Gasteiger partial charge in [-0.15, -0.1) is 0 Å². The summed E-state index contributed by atoms with van der Waals surface area (Å²) in [5.41, 5.74) is 5.77. The highest BCUT2D eigenvalue weighted by Crippen LogP contribution is 2.41. The fourth-order valence-electron chi connectivity index (χ4n) is 2.84. The Bertz CT molecular complexity index is 772. The van der Waals surface area contributed by atoms with Gasteiger partial charge in [0.05, 0.1) is 12.1 Å². The van der Waals surface area contributed by atoms with Crippen molar-refractivity contribution in [2.75, 3.05) is 17.7 Å². The summed E-state index contributed by atoms with van der Waals surface area (Å²) in [6.45, 7) is 0. The minimum atomic E-state index is -1.83. The van der Waals surface area contributed by atoms with E-state index in [0.29, 0.717) is 22.5 Å². The average Bonchev–Trinajstić information content (AvgIpc) is 2.70. The van der Waals surface area contributed by atoms with Crippen LogP contribution in [0.5, 0.6) is 0 Å². The number of amides is 1. The second-order valence-electron chi connectivity index (χ2n) is 5.47. The van der Waals surface area contributed by atoms with Crippen molar-refractivity contribution in [1.82, 2.24) is 0 Å². The van der Waals surface area contributed by atoms with Crippen molar-refractivity contribution in [3.05, 3.63) is 59.7 Å². The minimum absolute atomic E-state index is 0.309. The molecular weight excluding hydrogens is 280 g/mol. The third-order valence-electron chi connectivity index (χ3n) is 3.99. The van der Waals surface area contributed by atoms with Crippen LogP contribution in [-0.4, -0.2) is 23.8 Å². The van der Waals surface area contributed by atoms with Gasteiger partial charge < -0.3 is 15.7 Å². The SMILES string of the molecule is CN1C(=O)[C@@](O)(CC(=O)c2cccc(N)c2)c2ccccc21. The monoisotopic (exact) mass is 296 g/mol. The molecule has 22 heavy (non-hydrogen) atoms. The van der Waals surface area contributed by atoms with E-state index in [4.69, 9.17) is 5.73 Å². The van der Waals surface area contributed by atoms with E-state index in [-0.39, 0.29) is 12.2 Å². The standard InChI is InChI=1S/C17H16N2O3/c1-19-14-8-3-2-7-13(14)17(22,16(19)21)10-15(20)11-5-4-6-12(18)9-11/h2-9,22H,10,18H2,1H3/t17-/m1/s1. The number of hydrogen-bond acceptors (Lipinski definition) is 4. The first-order chi connectivity index (χ1) is 10.4. The predicted octanol–water partition coefficient (Wildman–Crippen LogP) is 1.71. The number of carbonyl (C=O) groups excluding carboxylic acids is 2. The van der Waals surface area contributed by atoms with Crippen LogP contribution >= 0.6 is 0 Å². The number of nitrogen functional groups attached to an aromatic ring is 1. The topological polar surface area (TPSA) is 83.6 Å². The van der Waals surface area contributed by atoms with Crippen molar-refractivity contribution in [2.45, 2.75) is 12.0 Å². The molecule has 0 unspecified atom stereocenters. The number of para-hydroxylation sites is 1. The number of anilines is 2. The maximum Gasteiger partial charge on any atom is 0.263 e. The number of fused-ring (bicyclic) bond motifs is 1. The van der Waals surface area contributed by atoms with Crippen molar-refractivity contribution in [3.8, 4) is 0 Å². The van der Waals surface area contributed by atoms with Crippen LogP contribution in [0.25, 0.3) is 0 Å². The fourth-order valence-corrected chi connectivity index (χ4v) is 2.84. The van der Waals surface area contributed by atoms with Gasteiger partial charge in [0.15, 0.2) is 11.4 Å². The third kappa shape index (κ3) is 2.07. The number of likely N-dealkylation sites (N-methyl/N-ethyl adjacent to an activating group) is 1. The molecule has 2 aromatic rings. The average molecular weight is 296 g/mol. The summed E-state index contributed by atoms with van der Waals surface area (Å²) in [5, 5.41) is 10.8. The highest BCUT2D eigenvalue weighted by Gasteiger charge is 2.49. The molecule has 5 nitrogen and oxygen atoms in total. The van der Waals surface area contributed by atoms with Gasteiger partial charge in [-0.05, 0) is 18.2 Å². The van der Waals surface area contributed by atoms with Gasteiger partial charge >= 0.3 is 0 Å². The minimum Gasteiger partial charge on any atom is -0.399 e. The maximum absolute atomic E-state index is 12.4. The van der Waals surface area contributed by atoms with E-state index in [0.717, 1.165) is 0 Å². The van der Waals surface area contributed by atoms with Crippen molar-refractivity contribution in [1.29, 1.82) is 0 Å². The summed E-state index contributed by atoms with van der Waals surface area (Å²) in [7, 11) is 1.59. The van der Waals surface area contributed by atoms with E-state index < -0.39 is 11.5 Å². The van der Waals surface area contributed by atoms with E-state index in [1.807, 2.05) is 0 Å². The van der Waals surface area contributed by atoms with E-state index in [2.05, 4.69) is 0 Å². The summed E-state index contributed by atoms with van der Waals surface area (Å²) in [4.78, 5) is 26.2. The molecule has 0 fully saturated rings. The first-order valence-corrected chi connectivity index (χ1v) is 6.92. The number of carbonyl (C=O) groups is 2. The summed E-state index contributed by atoms with van der Waals surface area (Å²) in [5.74, 6) is -0.820. The number of ketones is 1. The molecule has 0 saturated heterocycles. The molecule has 1 aliphatic heterocycles. The van der Waals surface area contributed by atoms with Gasteiger partial charge in [-0.1, -0.05) is 30.3 Å². The molecule has 1 aliphatic rings. The molecule has 0 radical (unpaired) electrons. The van der Waals surface area contributed by atoms with Gasteiger partial charge in [0.1, 0.15) is 0 Å². The Morgan fingerprint density at radius 1 is 1.23 bits per heavy atom. The first-order valence-electron chi connectivity index (χ1n) is 6.92. The van der Waals surface area contributed by atoms with Crippen LogP contribution in [-0.2, 0) is 10.4 Å². The molecule has 0 spiro atoms. The summed E-state index contributed by atoms with van der Waals surface area (Å²) in [6.07, 6.45) is -0.309. The van der Waals surface area contributed by atoms with Crippen LogP contribution in [0.1, 0.15) is 22.3 Å². The Labute approximate surface area is 128 Å². The number of Topliss-reactive ketones (excluding diaryl/α,β-unsaturated/α-hetero) is 1. The number of nitrogens with two attached hydrogens (primary N) is 1. The second-order valence-corrected chi connectivity index (χ2v) is 5.47. The van der Waals surface area contributed by atoms with Crippen LogP contribution in [0.4, 0.5) is 11.4 Å². The molecule has 3 N–H and O–H groups in total. The Kier molecular flexibility index (Phi) is 3.22. The van der Waals surface area contributed by atoms with Crippen molar-refractivity contribution >= 4 is 23.1 Å². The van der Waals surface area contributed by atoms with Gasteiger partial charge in [-0.3, -0.25) is 9.59 Å². The molecule has 1 heterocycles. The number of benzene rings is 2. The number of hydrogen-bond donors (Lipinski definition) is 2. The molecule has 2 aromatic carbocycles. The lowest BCUT2D eigenvalue weighted by atomic mass is 9.88. The molecule has 0 aliphatic carbocycles. The van der Waals surface area contributed by atoms with Crippen molar-refractivity contribution < 1.29 is 14.7 Å². The fraction of sp³-hybridized carbons (Fsp3) is 0.176. The zero-order chi connectivity index (χ0) is 15.9. The second kappa shape index (κ2) is 4.96. The van der Waals surface area contributed by atoms with Gasteiger partial charge in [0.2, 0.25) is 0 Å². The number of aliphatic hydroxyl groups is 1. The molecule has 1 atom stereocenters. The molecule has 3 rings (SSSR count). The molecule has 0 saturated carbocycles. The highest BCUT2D eigenvalue weighted by molar-refractivity contribution is 6.10. The van der Waals surface area contributed by atoms with Gasteiger partial charge in [0, 0.05) is 23.9 Å². The highest BCUT2D eigenvalue weighted by atomic mass is 16.3. The maximum atomic E-state index is 12.4. The lowest BCUT2D eigenvalue weighted by Crippen LogP contribution is -2.40. The predicted molar refractivity (Wildman–Crippen MR) is 83.6 cm³/mol. The molecular formula is C17H16N2O3. The zero-order valence-electron chi connectivity index (χ0n) is 12.1. The molecule has 0 aromatic heterocycles. The summed E-state index contributed by atoms with van der Waals surface area (Å²) < 4.78 is 0. The third-order valence-corrected chi connectivity index (χ3v) is 3.99. The van der Waals surface area contributed by atoms with Gasteiger partial charge in [-0.25, -0.2) is 0 Å². The van der Waals surface area contributed by atoms with E-state index >= 15 is 0 Å². The molecule has 1 amide bonds. The van der Waals surface area contributed by atoms with Crippen molar-refractivity contribution in [3.63, 3.8) is 0 Å². The van der Waals surface area contributed by atoms with Crippen molar-refractivity contribution in [2.24, 2.45) is 0 Å². The Hall–Kier alpha value is -2.66. The smallest absolute Gasteiger partial charge is 0.263 e. The first kappa shape index (κ1) is 14.3. The molecule has 0 bridgehead atoms.